The van der Waals surface area contributed by atoms with Gasteiger partial charge in [0.1, 0.15) is 10.6 Å². The Morgan fingerprint density at radius 1 is 1.25 bits per heavy atom. The topological polar surface area (TPSA) is 92.7 Å². The van der Waals surface area contributed by atoms with Crippen LogP contribution in [-0.4, -0.2) is 26.6 Å². The molecule has 0 aliphatic rings. The molecule has 126 valence electrons. The summed E-state index contributed by atoms with van der Waals surface area (Å²) in [6.07, 6.45) is 2.21. The number of benzene rings is 2. The summed E-state index contributed by atoms with van der Waals surface area (Å²) in [4.78, 5) is 10.5. The van der Waals surface area contributed by atoms with Crippen molar-refractivity contribution in [3.63, 3.8) is 0 Å². The molecule has 0 saturated heterocycles. The van der Waals surface area contributed by atoms with Gasteiger partial charge < -0.3 is 9.84 Å². The maximum atomic E-state index is 12.6. The quantitative estimate of drug-likeness (QED) is 0.764. The van der Waals surface area contributed by atoms with Gasteiger partial charge in [-0.3, -0.25) is 4.72 Å². The Balaban J connectivity index is 2.43. The van der Waals surface area contributed by atoms with Crippen LogP contribution in [0.2, 0.25) is 5.02 Å². The molecule has 0 fully saturated rings. The Morgan fingerprint density at radius 3 is 2.62 bits per heavy atom. The van der Waals surface area contributed by atoms with Crippen LogP contribution >= 0.6 is 11.6 Å². The fourth-order valence-corrected chi connectivity index (χ4v) is 3.38. The largest absolute Gasteiger partial charge is 0.495 e. The van der Waals surface area contributed by atoms with Crippen LogP contribution in [0, 0.1) is 0 Å². The van der Waals surface area contributed by atoms with Crippen molar-refractivity contribution in [1.29, 1.82) is 0 Å². The lowest BCUT2D eigenvalue weighted by Gasteiger charge is -2.12. The van der Waals surface area contributed by atoms with E-state index in [1.807, 2.05) is 0 Å². The van der Waals surface area contributed by atoms with Gasteiger partial charge in [-0.15, -0.1) is 0 Å². The van der Waals surface area contributed by atoms with E-state index in [1.54, 1.807) is 24.3 Å². The monoisotopic (exact) mass is 367 g/mol. The van der Waals surface area contributed by atoms with E-state index in [-0.39, 0.29) is 10.6 Å². The van der Waals surface area contributed by atoms with Crippen molar-refractivity contribution >= 4 is 39.4 Å². The predicted molar refractivity (Wildman–Crippen MR) is 91.9 cm³/mol. The Hall–Kier alpha value is -2.51. The number of methoxy groups -OCH3 is 1. The maximum absolute atomic E-state index is 12.6. The first-order valence-electron chi connectivity index (χ1n) is 6.69. The fraction of sp³-hybridized carbons (Fsp3) is 0.0625. The number of nitrogens with one attached hydrogen (secondary N) is 1. The second-order valence-corrected chi connectivity index (χ2v) is 6.78. The zero-order valence-corrected chi connectivity index (χ0v) is 14.1. The number of sulfonamides is 1. The average molecular weight is 368 g/mol. The van der Waals surface area contributed by atoms with Crippen LogP contribution in [-0.2, 0) is 14.8 Å². The van der Waals surface area contributed by atoms with Crippen LogP contribution in [0.15, 0.2) is 53.4 Å². The smallest absolute Gasteiger partial charge is 0.328 e. The van der Waals surface area contributed by atoms with Crippen LogP contribution < -0.4 is 9.46 Å². The Kier molecular flexibility index (Phi) is 5.48. The van der Waals surface area contributed by atoms with E-state index in [1.165, 1.54) is 31.4 Å². The average Bonchev–Trinajstić information content (AvgIpc) is 2.52. The van der Waals surface area contributed by atoms with Crippen molar-refractivity contribution in [2.45, 2.75) is 4.90 Å². The minimum Gasteiger partial charge on any atom is -0.495 e. The molecule has 2 N–H and O–H groups in total. The SMILES string of the molecule is COc1ccc(/C=C/C(=O)O)cc1S(=O)(=O)Nc1cccc(Cl)c1. The zero-order valence-electron chi connectivity index (χ0n) is 12.6. The molecule has 8 heteroatoms. The summed E-state index contributed by atoms with van der Waals surface area (Å²) in [5, 5.41) is 9.06. The van der Waals surface area contributed by atoms with Crippen molar-refractivity contribution in [3.8, 4) is 5.75 Å². The summed E-state index contributed by atoms with van der Waals surface area (Å²) in [5.74, 6) is -0.996. The molecule has 2 rings (SSSR count). The van der Waals surface area contributed by atoms with Gasteiger partial charge in [0.25, 0.3) is 10.0 Å². The number of carbonyl (C=O) groups is 1. The zero-order chi connectivity index (χ0) is 17.7. The number of carboxylic acids is 1. The molecule has 6 nitrogen and oxygen atoms in total. The summed E-state index contributed by atoms with van der Waals surface area (Å²) in [6.45, 7) is 0. The molecule has 0 saturated carbocycles. The summed E-state index contributed by atoms with van der Waals surface area (Å²) in [5.41, 5.74) is 0.709. The van der Waals surface area contributed by atoms with Gasteiger partial charge in [-0.2, -0.15) is 0 Å². The van der Waals surface area contributed by atoms with Gasteiger partial charge in [-0.1, -0.05) is 23.7 Å². The number of hydrogen-bond acceptors (Lipinski definition) is 4. The number of rotatable bonds is 6. The first-order chi connectivity index (χ1) is 11.3. The van der Waals surface area contributed by atoms with Gasteiger partial charge in [0.15, 0.2) is 0 Å². The minimum absolute atomic E-state index is 0.113. The van der Waals surface area contributed by atoms with Crippen LogP contribution in [0.3, 0.4) is 0 Å². The molecule has 0 spiro atoms. The van der Waals surface area contributed by atoms with Crippen LogP contribution in [0.1, 0.15) is 5.56 Å². The number of ether oxygens (including phenoxy) is 1. The lowest BCUT2D eigenvalue weighted by atomic mass is 10.2. The highest BCUT2D eigenvalue weighted by atomic mass is 35.5. The van der Waals surface area contributed by atoms with Gasteiger partial charge >= 0.3 is 5.97 Å². The number of anilines is 1. The molecule has 0 aromatic heterocycles. The van der Waals surface area contributed by atoms with Crippen LogP contribution in [0.4, 0.5) is 5.69 Å². The van der Waals surface area contributed by atoms with Gasteiger partial charge in [0.05, 0.1) is 12.8 Å². The molecule has 0 amide bonds. The third-order valence-corrected chi connectivity index (χ3v) is 4.61. The molecule has 0 radical (unpaired) electrons. The van der Waals surface area contributed by atoms with E-state index in [0.717, 1.165) is 6.08 Å². The molecular weight excluding hydrogens is 354 g/mol. The van der Waals surface area contributed by atoms with Crippen molar-refractivity contribution in [1.82, 2.24) is 0 Å². The highest BCUT2D eigenvalue weighted by Gasteiger charge is 2.20. The van der Waals surface area contributed by atoms with E-state index in [0.29, 0.717) is 16.3 Å². The van der Waals surface area contributed by atoms with Crippen molar-refractivity contribution in [2.75, 3.05) is 11.8 Å². The second kappa shape index (κ2) is 7.37. The van der Waals surface area contributed by atoms with Crippen molar-refractivity contribution in [3.05, 3.63) is 59.1 Å². The van der Waals surface area contributed by atoms with E-state index in [4.69, 9.17) is 21.4 Å². The number of hydrogen-bond donors (Lipinski definition) is 2. The molecule has 0 aliphatic heterocycles. The molecule has 2 aromatic carbocycles. The van der Waals surface area contributed by atoms with E-state index in [2.05, 4.69) is 4.72 Å². The molecule has 2 aromatic rings. The minimum atomic E-state index is -3.95. The summed E-state index contributed by atoms with van der Waals surface area (Å²) in [6, 6.07) is 10.6. The van der Waals surface area contributed by atoms with Crippen molar-refractivity contribution < 1.29 is 23.1 Å². The first-order valence-corrected chi connectivity index (χ1v) is 8.55. The second-order valence-electron chi connectivity index (χ2n) is 4.70. The third-order valence-electron chi connectivity index (χ3n) is 2.97. The van der Waals surface area contributed by atoms with E-state index in [9.17, 15) is 13.2 Å². The van der Waals surface area contributed by atoms with E-state index < -0.39 is 16.0 Å². The third kappa shape index (κ3) is 4.50. The molecule has 0 aliphatic carbocycles. The molecule has 0 heterocycles. The van der Waals surface area contributed by atoms with Crippen LogP contribution in [0.5, 0.6) is 5.75 Å². The highest BCUT2D eigenvalue weighted by Crippen LogP contribution is 2.28. The van der Waals surface area contributed by atoms with Gasteiger partial charge in [-0.05, 0) is 42.0 Å². The molecular formula is C16H14ClNO5S. The summed E-state index contributed by atoms with van der Waals surface area (Å²) >= 11 is 5.85. The summed E-state index contributed by atoms with van der Waals surface area (Å²) < 4.78 is 32.7. The molecule has 24 heavy (non-hydrogen) atoms. The predicted octanol–water partition coefficient (Wildman–Crippen LogP) is 3.25. The number of aliphatic carboxylic acids is 1. The lowest BCUT2D eigenvalue weighted by Crippen LogP contribution is -2.14. The Bertz CT molecular complexity index is 893. The normalized spacial score (nSPS) is 11.4. The summed E-state index contributed by atoms with van der Waals surface area (Å²) in [7, 11) is -2.60. The lowest BCUT2D eigenvalue weighted by molar-refractivity contribution is -0.131. The molecule has 0 unspecified atom stereocenters. The van der Waals surface area contributed by atoms with Gasteiger partial charge in [0, 0.05) is 11.1 Å². The Labute approximate surface area is 144 Å². The highest BCUT2D eigenvalue weighted by molar-refractivity contribution is 7.92. The maximum Gasteiger partial charge on any atom is 0.328 e. The van der Waals surface area contributed by atoms with Gasteiger partial charge in [0.2, 0.25) is 0 Å². The van der Waals surface area contributed by atoms with Gasteiger partial charge in [-0.25, -0.2) is 13.2 Å². The first kappa shape index (κ1) is 17.8. The van der Waals surface area contributed by atoms with E-state index >= 15 is 0 Å². The Morgan fingerprint density at radius 2 is 2.00 bits per heavy atom. The standard InChI is InChI=1S/C16H14ClNO5S/c1-23-14-7-5-11(6-8-16(19)20)9-15(14)24(21,22)18-13-4-2-3-12(17)10-13/h2-10,18H,1H3,(H,19,20)/b8-6+. The number of carboxylic acid groups (broad SMARTS) is 1. The molecule has 0 bridgehead atoms. The number of halogens is 1. The fourth-order valence-electron chi connectivity index (χ4n) is 1.94. The molecule has 0 atom stereocenters. The van der Waals surface area contributed by atoms with Crippen molar-refractivity contribution in [2.24, 2.45) is 0 Å². The van der Waals surface area contributed by atoms with Crippen LogP contribution in [0.25, 0.3) is 6.08 Å².